The van der Waals surface area contributed by atoms with Gasteiger partial charge in [-0.3, -0.25) is 4.79 Å². The molecule has 0 bridgehead atoms. The van der Waals surface area contributed by atoms with Gasteiger partial charge in [0.25, 0.3) is 0 Å². The molecule has 0 spiro atoms. The second kappa shape index (κ2) is 11.7. The van der Waals surface area contributed by atoms with Crippen molar-refractivity contribution in [3.8, 4) is 0 Å². The van der Waals surface area contributed by atoms with Crippen LogP contribution in [0.3, 0.4) is 0 Å². The fraction of sp³-hybridized carbons (Fsp3) is 0.588. The molecule has 1 aromatic rings. The summed E-state index contributed by atoms with van der Waals surface area (Å²) >= 11 is 1.91. The number of ether oxygens (including phenoxy) is 1. The lowest BCUT2D eigenvalue weighted by Crippen LogP contribution is -2.41. The molecule has 6 heteroatoms. The van der Waals surface area contributed by atoms with Gasteiger partial charge in [-0.15, -0.1) is 12.4 Å². The van der Waals surface area contributed by atoms with Crippen LogP contribution in [0.4, 0.5) is 0 Å². The van der Waals surface area contributed by atoms with Gasteiger partial charge in [-0.05, 0) is 17.5 Å². The van der Waals surface area contributed by atoms with Crippen molar-refractivity contribution in [1.82, 2.24) is 10.6 Å². The predicted molar refractivity (Wildman–Crippen MR) is 99.2 cm³/mol. The Bertz CT molecular complexity index is 468. The van der Waals surface area contributed by atoms with E-state index < -0.39 is 0 Å². The fourth-order valence-corrected chi connectivity index (χ4v) is 3.39. The van der Waals surface area contributed by atoms with Gasteiger partial charge >= 0.3 is 0 Å². The molecule has 1 aliphatic heterocycles. The Morgan fingerprint density at radius 3 is 2.87 bits per heavy atom. The highest BCUT2D eigenvalue weighted by atomic mass is 35.5. The standard InChI is InChI=1S/C17H26N2O2S.ClH/c1-2-8-21-12-15-6-4-3-5-14(15)11-19-17(20)10-16-13-22-9-7-18-16;/h3-6,16,18H,2,7-13H2,1H3,(H,19,20);1H. The summed E-state index contributed by atoms with van der Waals surface area (Å²) in [5.41, 5.74) is 2.29. The minimum absolute atomic E-state index is 0. The van der Waals surface area contributed by atoms with Crippen LogP contribution in [0.5, 0.6) is 0 Å². The number of hydrogen-bond acceptors (Lipinski definition) is 4. The van der Waals surface area contributed by atoms with E-state index in [-0.39, 0.29) is 18.3 Å². The van der Waals surface area contributed by atoms with E-state index in [4.69, 9.17) is 4.74 Å². The molecule has 1 unspecified atom stereocenters. The van der Waals surface area contributed by atoms with Gasteiger partial charge in [0, 0.05) is 43.7 Å². The van der Waals surface area contributed by atoms with Crippen molar-refractivity contribution < 1.29 is 9.53 Å². The quantitative estimate of drug-likeness (QED) is 0.701. The van der Waals surface area contributed by atoms with E-state index in [0.717, 1.165) is 42.2 Å². The van der Waals surface area contributed by atoms with E-state index >= 15 is 0 Å². The average molecular weight is 359 g/mol. The number of benzene rings is 1. The fourth-order valence-electron chi connectivity index (χ4n) is 2.44. The molecule has 0 aromatic heterocycles. The van der Waals surface area contributed by atoms with Gasteiger partial charge in [-0.2, -0.15) is 11.8 Å². The van der Waals surface area contributed by atoms with Gasteiger partial charge in [-0.1, -0.05) is 31.2 Å². The monoisotopic (exact) mass is 358 g/mol. The Hall–Kier alpha value is -0.750. The van der Waals surface area contributed by atoms with E-state index in [1.807, 2.05) is 23.9 Å². The van der Waals surface area contributed by atoms with Crippen LogP contribution >= 0.6 is 24.2 Å². The first-order valence-electron chi connectivity index (χ1n) is 8.02. The van der Waals surface area contributed by atoms with Crippen LogP contribution in [0.2, 0.25) is 0 Å². The largest absolute Gasteiger partial charge is 0.377 e. The van der Waals surface area contributed by atoms with Crippen molar-refractivity contribution in [1.29, 1.82) is 0 Å². The molecular formula is C17H27ClN2O2S. The van der Waals surface area contributed by atoms with Crippen LogP contribution < -0.4 is 10.6 Å². The Morgan fingerprint density at radius 1 is 1.39 bits per heavy atom. The van der Waals surface area contributed by atoms with E-state index in [1.165, 1.54) is 0 Å². The molecule has 1 amide bonds. The summed E-state index contributed by atoms with van der Waals surface area (Å²) in [5, 5.41) is 6.43. The molecule has 1 saturated heterocycles. The van der Waals surface area contributed by atoms with Gasteiger partial charge in [-0.25, -0.2) is 0 Å². The number of rotatable bonds is 8. The molecule has 0 radical (unpaired) electrons. The van der Waals surface area contributed by atoms with Crippen LogP contribution in [0.1, 0.15) is 30.9 Å². The number of thioether (sulfide) groups is 1. The van der Waals surface area contributed by atoms with Gasteiger partial charge < -0.3 is 15.4 Å². The van der Waals surface area contributed by atoms with Crippen molar-refractivity contribution in [3.63, 3.8) is 0 Å². The third-order valence-electron chi connectivity index (χ3n) is 3.63. The first kappa shape index (κ1) is 20.3. The maximum absolute atomic E-state index is 12.1. The highest BCUT2D eigenvalue weighted by Crippen LogP contribution is 2.12. The minimum Gasteiger partial charge on any atom is -0.377 e. The normalized spacial score (nSPS) is 17.3. The molecule has 0 saturated carbocycles. The molecule has 2 N–H and O–H groups in total. The molecule has 23 heavy (non-hydrogen) atoms. The van der Waals surface area contributed by atoms with Crippen LogP contribution in [0.15, 0.2) is 24.3 Å². The predicted octanol–water partition coefficient (Wildman–Crippen LogP) is 2.75. The summed E-state index contributed by atoms with van der Waals surface area (Å²) in [6.07, 6.45) is 1.58. The SMILES string of the molecule is CCCOCc1ccccc1CNC(=O)CC1CSCCN1.Cl. The van der Waals surface area contributed by atoms with Gasteiger partial charge in [0.15, 0.2) is 0 Å². The summed E-state index contributed by atoms with van der Waals surface area (Å²) in [5.74, 6) is 2.28. The third kappa shape index (κ3) is 7.57. The van der Waals surface area contributed by atoms with Crippen LogP contribution in [-0.2, 0) is 22.7 Å². The first-order chi connectivity index (χ1) is 10.8. The van der Waals surface area contributed by atoms with Crippen LogP contribution in [0, 0.1) is 0 Å². The lowest BCUT2D eigenvalue weighted by atomic mass is 10.1. The van der Waals surface area contributed by atoms with Gasteiger partial charge in [0.2, 0.25) is 5.91 Å². The Labute approximate surface area is 149 Å². The number of hydrogen-bond donors (Lipinski definition) is 2. The molecule has 1 aromatic carbocycles. The maximum Gasteiger partial charge on any atom is 0.221 e. The molecule has 4 nitrogen and oxygen atoms in total. The second-order valence-corrected chi connectivity index (χ2v) is 6.68. The topological polar surface area (TPSA) is 50.4 Å². The van der Waals surface area contributed by atoms with E-state index in [2.05, 4.69) is 29.7 Å². The van der Waals surface area contributed by atoms with E-state index in [1.54, 1.807) is 0 Å². The molecule has 0 aliphatic carbocycles. The molecule has 130 valence electrons. The van der Waals surface area contributed by atoms with Crippen molar-refractivity contribution >= 4 is 30.1 Å². The zero-order chi connectivity index (χ0) is 15.6. The number of carbonyl (C=O) groups excluding carboxylic acids is 1. The zero-order valence-corrected chi connectivity index (χ0v) is 15.3. The Kier molecular flexibility index (Phi) is 10.4. The number of amides is 1. The summed E-state index contributed by atoms with van der Waals surface area (Å²) in [4.78, 5) is 12.1. The summed E-state index contributed by atoms with van der Waals surface area (Å²) in [6.45, 7) is 5.06. The summed E-state index contributed by atoms with van der Waals surface area (Å²) in [7, 11) is 0. The molecular weight excluding hydrogens is 332 g/mol. The maximum atomic E-state index is 12.1. The Morgan fingerprint density at radius 2 is 2.17 bits per heavy atom. The number of nitrogens with one attached hydrogen (secondary N) is 2. The van der Waals surface area contributed by atoms with Crippen LogP contribution in [-0.4, -0.2) is 36.6 Å². The van der Waals surface area contributed by atoms with E-state index in [9.17, 15) is 4.79 Å². The van der Waals surface area contributed by atoms with Gasteiger partial charge in [0.1, 0.15) is 0 Å². The lowest BCUT2D eigenvalue weighted by Gasteiger charge is -2.22. The van der Waals surface area contributed by atoms with Gasteiger partial charge in [0.05, 0.1) is 6.61 Å². The minimum atomic E-state index is 0. The second-order valence-electron chi connectivity index (χ2n) is 5.53. The summed E-state index contributed by atoms with van der Waals surface area (Å²) in [6, 6.07) is 8.45. The molecule has 2 rings (SSSR count). The zero-order valence-electron chi connectivity index (χ0n) is 13.7. The average Bonchev–Trinajstić information content (AvgIpc) is 2.55. The van der Waals surface area contributed by atoms with Crippen molar-refractivity contribution in [2.24, 2.45) is 0 Å². The number of halogens is 1. The van der Waals surface area contributed by atoms with Crippen LogP contribution in [0.25, 0.3) is 0 Å². The number of carbonyl (C=O) groups is 1. The van der Waals surface area contributed by atoms with Crippen molar-refractivity contribution in [2.75, 3.05) is 24.7 Å². The Balaban J connectivity index is 0.00000264. The molecule has 1 fully saturated rings. The highest BCUT2D eigenvalue weighted by molar-refractivity contribution is 7.99. The van der Waals surface area contributed by atoms with Crippen molar-refractivity contribution in [2.45, 2.75) is 39.0 Å². The molecule has 1 atom stereocenters. The lowest BCUT2D eigenvalue weighted by molar-refractivity contribution is -0.121. The third-order valence-corrected chi connectivity index (χ3v) is 4.76. The molecule has 1 aliphatic rings. The smallest absolute Gasteiger partial charge is 0.221 e. The molecule has 1 heterocycles. The summed E-state index contributed by atoms with van der Waals surface area (Å²) < 4.78 is 5.61. The first-order valence-corrected chi connectivity index (χ1v) is 9.17. The highest BCUT2D eigenvalue weighted by Gasteiger charge is 2.16. The van der Waals surface area contributed by atoms with E-state index in [0.29, 0.717) is 25.6 Å². The van der Waals surface area contributed by atoms with Crippen molar-refractivity contribution in [3.05, 3.63) is 35.4 Å².